The number of phenols is 1. The topological polar surface area (TPSA) is 46.5 Å². The molecule has 0 aliphatic carbocycles. The summed E-state index contributed by atoms with van der Waals surface area (Å²) in [5, 5.41) is 10.9. The molecule has 142 valence electrons. The lowest BCUT2D eigenvalue weighted by Crippen LogP contribution is -2.01. The van der Waals surface area contributed by atoms with Crippen molar-refractivity contribution in [1.82, 2.24) is 0 Å². The highest BCUT2D eigenvalue weighted by Crippen LogP contribution is 2.31. The average molecular weight is 383 g/mol. The Morgan fingerprint density at radius 3 is 2.67 bits per heavy atom. The molecule has 0 aliphatic rings. The third-order valence-electron chi connectivity index (χ3n) is 5.02. The van der Waals surface area contributed by atoms with Crippen LogP contribution >= 0.6 is 11.3 Å². The number of aryl methyl sites for hydroxylation is 2. The Bertz CT molecular complexity index is 942. The Morgan fingerprint density at radius 2 is 1.96 bits per heavy atom. The number of ether oxygens (including phenoxy) is 1. The highest BCUT2D eigenvalue weighted by atomic mass is 32.1. The highest BCUT2D eigenvalue weighted by molar-refractivity contribution is 7.20. The van der Waals surface area contributed by atoms with Crippen molar-refractivity contribution in [2.75, 3.05) is 6.61 Å². The number of esters is 1. The molecule has 0 bridgehead atoms. The zero-order valence-electron chi connectivity index (χ0n) is 16.1. The van der Waals surface area contributed by atoms with Gasteiger partial charge in [0, 0.05) is 4.70 Å². The third kappa shape index (κ3) is 4.51. The molecule has 1 unspecified atom stereocenters. The Kier molecular flexibility index (Phi) is 6.17. The molecule has 1 N–H and O–H groups in total. The van der Waals surface area contributed by atoms with Gasteiger partial charge >= 0.3 is 5.97 Å². The average Bonchev–Trinajstić information content (AvgIpc) is 3.09. The number of rotatable bonds is 7. The van der Waals surface area contributed by atoms with Crippen molar-refractivity contribution in [3.8, 4) is 5.75 Å². The van der Waals surface area contributed by atoms with Crippen LogP contribution in [0.2, 0.25) is 0 Å². The fraction of sp³-hybridized carbons (Fsp3) is 0.348. The fourth-order valence-corrected chi connectivity index (χ4v) is 4.37. The van der Waals surface area contributed by atoms with E-state index in [0.29, 0.717) is 23.2 Å². The van der Waals surface area contributed by atoms with Crippen molar-refractivity contribution in [2.24, 2.45) is 0 Å². The molecular weight excluding hydrogens is 356 g/mol. The van der Waals surface area contributed by atoms with Crippen molar-refractivity contribution in [2.45, 2.75) is 46.0 Å². The summed E-state index contributed by atoms with van der Waals surface area (Å²) in [6.45, 7) is 6.37. The molecule has 0 saturated carbocycles. The summed E-state index contributed by atoms with van der Waals surface area (Å²) >= 11 is 1.48. The van der Waals surface area contributed by atoms with Gasteiger partial charge in [0.05, 0.1) is 6.61 Å². The van der Waals surface area contributed by atoms with Crippen molar-refractivity contribution in [1.29, 1.82) is 0 Å². The van der Waals surface area contributed by atoms with Crippen LogP contribution in [0.5, 0.6) is 5.75 Å². The van der Waals surface area contributed by atoms with Crippen LogP contribution in [0.25, 0.3) is 10.1 Å². The SMILES string of the molecule is CCOC(=O)c1cc2cc(CCC(CC)c3ccc(O)c(C)c3)ccc2s1. The van der Waals surface area contributed by atoms with E-state index in [0.717, 1.165) is 34.9 Å². The monoisotopic (exact) mass is 382 g/mol. The number of thiophene rings is 1. The molecule has 27 heavy (non-hydrogen) atoms. The normalized spacial score (nSPS) is 12.3. The molecule has 1 atom stereocenters. The first-order valence-electron chi connectivity index (χ1n) is 9.51. The lowest BCUT2D eigenvalue weighted by atomic mass is 9.89. The van der Waals surface area contributed by atoms with E-state index in [4.69, 9.17) is 4.74 Å². The fourth-order valence-electron chi connectivity index (χ4n) is 3.43. The largest absolute Gasteiger partial charge is 0.508 e. The molecule has 0 fully saturated rings. The number of carbonyl (C=O) groups is 1. The first-order chi connectivity index (χ1) is 13.0. The van der Waals surface area contributed by atoms with E-state index < -0.39 is 0 Å². The predicted octanol–water partition coefficient (Wildman–Crippen LogP) is 6.22. The molecule has 2 aromatic carbocycles. The Labute approximate surface area is 164 Å². The molecule has 3 aromatic rings. The van der Waals surface area contributed by atoms with Crippen LogP contribution in [0, 0.1) is 6.92 Å². The summed E-state index contributed by atoms with van der Waals surface area (Å²) < 4.78 is 6.22. The summed E-state index contributed by atoms with van der Waals surface area (Å²) in [6, 6.07) is 14.3. The molecule has 0 amide bonds. The molecule has 0 aliphatic heterocycles. The molecule has 0 radical (unpaired) electrons. The first kappa shape index (κ1) is 19.4. The van der Waals surface area contributed by atoms with Crippen LogP contribution in [0.4, 0.5) is 0 Å². The number of aromatic hydroxyl groups is 1. The maximum Gasteiger partial charge on any atom is 0.348 e. The zero-order valence-corrected chi connectivity index (χ0v) is 16.9. The van der Waals surface area contributed by atoms with E-state index in [1.807, 2.05) is 26.0 Å². The van der Waals surface area contributed by atoms with Gasteiger partial charge in [-0.05, 0) is 79.3 Å². The van der Waals surface area contributed by atoms with E-state index >= 15 is 0 Å². The zero-order chi connectivity index (χ0) is 19.4. The number of phenolic OH excluding ortho intramolecular Hbond substituents is 1. The second-order valence-corrected chi connectivity index (χ2v) is 7.98. The van der Waals surface area contributed by atoms with Gasteiger partial charge in [-0.1, -0.05) is 31.2 Å². The Balaban J connectivity index is 1.73. The number of hydrogen-bond donors (Lipinski definition) is 1. The number of hydrogen-bond acceptors (Lipinski definition) is 4. The van der Waals surface area contributed by atoms with Gasteiger partial charge in [-0.25, -0.2) is 4.79 Å². The molecule has 4 heteroatoms. The van der Waals surface area contributed by atoms with Crippen molar-refractivity contribution < 1.29 is 14.6 Å². The summed E-state index contributed by atoms with van der Waals surface area (Å²) in [7, 11) is 0. The summed E-state index contributed by atoms with van der Waals surface area (Å²) in [5.74, 6) is 0.584. The van der Waals surface area contributed by atoms with Crippen LogP contribution in [0.1, 0.15) is 59.0 Å². The van der Waals surface area contributed by atoms with Crippen LogP contribution in [0.3, 0.4) is 0 Å². The van der Waals surface area contributed by atoms with Gasteiger partial charge in [0.1, 0.15) is 10.6 Å². The minimum absolute atomic E-state index is 0.242. The van der Waals surface area contributed by atoms with E-state index in [2.05, 4.69) is 31.2 Å². The van der Waals surface area contributed by atoms with Crippen LogP contribution < -0.4 is 0 Å². The molecule has 3 rings (SSSR count). The number of carbonyl (C=O) groups excluding carboxylic acids is 1. The molecule has 0 saturated heterocycles. The highest BCUT2D eigenvalue weighted by Gasteiger charge is 2.13. The van der Waals surface area contributed by atoms with Crippen molar-refractivity contribution in [3.05, 3.63) is 64.0 Å². The minimum atomic E-state index is -0.242. The molecular formula is C23H26O3S. The predicted molar refractivity (Wildman–Crippen MR) is 112 cm³/mol. The van der Waals surface area contributed by atoms with Crippen molar-refractivity contribution >= 4 is 27.4 Å². The molecule has 1 aromatic heterocycles. The molecule has 3 nitrogen and oxygen atoms in total. The van der Waals surface area contributed by atoms with Gasteiger partial charge in [0.2, 0.25) is 0 Å². The van der Waals surface area contributed by atoms with Gasteiger partial charge < -0.3 is 9.84 Å². The van der Waals surface area contributed by atoms with Gasteiger partial charge in [-0.2, -0.15) is 0 Å². The second-order valence-electron chi connectivity index (χ2n) is 6.89. The van der Waals surface area contributed by atoms with Crippen LogP contribution in [-0.4, -0.2) is 17.7 Å². The number of fused-ring (bicyclic) bond motifs is 1. The molecule has 1 heterocycles. The molecule has 0 spiro atoms. The Hall–Kier alpha value is -2.33. The van der Waals surface area contributed by atoms with Crippen LogP contribution in [-0.2, 0) is 11.2 Å². The van der Waals surface area contributed by atoms with Gasteiger partial charge in [-0.3, -0.25) is 0 Å². The standard InChI is InChI=1S/C23H26O3S/c1-4-17(18-9-10-20(24)15(3)12-18)8-6-16-7-11-21-19(13-16)14-22(27-21)23(25)26-5-2/h7,9-14,17,24H,4-6,8H2,1-3H3. The lowest BCUT2D eigenvalue weighted by molar-refractivity contribution is 0.0532. The smallest absolute Gasteiger partial charge is 0.348 e. The summed E-state index contributed by atoms with van der Waals surface area (Å²) in [4.78, 5) is 12.6. The summed E-state index contributed by atoms with van der Waals surface area (Å²) in [6.07, 6.45) is 3.11. The van der Waals surface area contributed by atoms with E-state index in [1.54, 1.807) is 6.07 Å². The quantitative estimate of drug-likeness (QED) is 0.494. The van der Waals surface area contributed by atoms with Gasteiger partial charge in [-0.15, -0.1) is 11.3 Å². The lowest BCUT2D eigenvalue weighted by Gasteiger charge is -2.16. The minimum Gasteiger partial charge on any atom is -0.508 e. The van der Waals surface area contributed by atoms with E-state index in [9.17, 15) is 9.90 Å². The first-order valence-corrected chi connectivity index (χ1v) is 10.3. The van der Waals surface area contributed by atoms with E-state index in [-0.39, 0.29) is 5.97 Å². The van der Waals surface area contributed by atoms with Crippen LogP contribution in [0.15, 0.2) is 42.5 Å². The van der Waals surface area contributed by atoms with E-state index in [1.165, 1.54) is 22.5 Å². The van der Waals surface area contributed by atoms with Crippen molar-refractivity contribution in [3.63, 3.8) is 0 Å². The number of benzene rings is 2. The van der Waals surface area contributed by atoms with Gasteiger partial charge in [0.25, 0.3) is 0 Å². The maximum absolute atomic E-state index is 11.9. The van der Waals surface area contributed by atoms with Gasteiger partial charge in [0.15, 0.2) is 0 Å². The Morgan fingerprint density at radius 1 is 1.15 bits per heavy atom. The maximum atomic E-state index is 11.9. The third-order valence-corrected chi connectivity index (χ3v) is 6.12. The summed E-state index contributed by atoms with van der Waals surface area (Å²) in [5.41, 5.74) is 3.50. The second kappa shape index (κ2) is 8.57.